The number of hydrogen-bond donors (Lipinski definition) is 1. The zero-order chi connectivity index (χ0) is 15.7. The van der Waals surface area contributed by atoms with Crippen LogP contribution in [0.4, 0.5) is 5.69 Å². The van der Waals surface area contributed by atoms with Crippen molar-refractivity contribution in [3.8, 4) is 0 Å². The molecule has 0 spiro atoms. The number of sulfone groups is 1. The Labute approximate surface area is 130 Å². The lowest BCUT2D eigenvalue weighted by Crippen LogP contribution is -2.32. The Morgan fingerprint density at radius 1 is 1.24 bits per heavy atom. The van der Waals surface area contributed by atoms with Crippen molar-refractivity contribution in [2.75, 3.05) is 17.6 Å². The maximum absolute atomic E-state index is 12.1. The average molecular weight is 327 g/mol. The van der Waals surface area contributed by atoms with Gasteiger partial charge in [-0.25, -0.2) is 8.42 Å². The summed E-state index contributed by atoms with van der Waals surface area (Å²) in [6.45, 7) is 5.47. The first kappa shape index (κ1) is 16.0. The highest BCUT2D eigenvalue weighted by Crippen LogP contribution is 2.28. The summed E-state index contributed by atoms with van der Waals surface area (Å²) < 4.78 is 23.4. The summed E-state index contributed by atoms with van der Waals surface area (Å²) >= 11 is 6.13. The van der Waals surface area contributed by atoms with Gasteiger partial charge in [0.1, 0.15) is 0 Å². The van der Waals surface area contributed by atoms with Gasteiger partial charge in [-0.2, -0.15) is 0 Å². The summed E-state index contributed by atoms with van der Waals surface area (Å²) in [6, 6.07) is 7.32. The van der Waals surface area contributed by atoms with Crippen molar-refractivity contribution in [2.45, 2.75) is 25.5 Å². The van der Waals surface area contributed by atoms with E-state index in [1.807, 2.05) is 18.2 Å². The van der Waals surface area contributed by atoms with Crippen LogP contribution in [-0.2, 0) is 9.84 Å². The highest BCUT2D eigenvalue weighted by molar-refractivity contribution is 7.92. The number of hydrogen-bond acceptors (Lipinski definition) is 4. The van der Waals surface area contributed by atoms with Crippen LogP contribution in [0.5, 0.6) is 0 Å². The van der Waals surface area contributed by atoms with Gasteiger partial charge in [0.25, 0.3) is 0 Å². The van der Waals surface area contributed by atoms with Crippen LogP contribution in [-0.4, -0.2) is 30.4 Å². The molecule has 0 aliphatic rings. The van der Waals surface area contributed by atoms with Crippen molar-refractivity contribution in [1.29, 1.82) is 0 Å². The normalized spacial score (nSPS) is 12.6. The summed E-state index contributed by atoms with van der Waals surface area (Å²) in [7, 11) is -3.14. The van der Waals surface area contributed by atoms with E-state index in [1.165, 1.54) is 0 Å². The minimum atomic E-state index is -3.14. The Balaban J connectivity index is 2.17. The van der Waals surface area contributed by atoms with E-state index in [-0.39, 0.29) is 5.75 Å². The molecule has 0 saturated heterocycles. The lowest BCUT2D eigenvalue weighted by molar-refractivity contribution is 0.560. The largest absolute Gasteiger partial charge is 0.382 e. The molecule has 2 rings (SSSR count). The molecule has 0 atom stereocenters. The molecule has 0 aliphatic carbocycles. The molecule has 0 amide bonds. The van der Waals surface area contributed by atoms with Crippen molar-refractivity contribution in [1.82, 2.24) is 4.98 Å². The van der Waals surface area contributed by atoms with E-state index in [0.29, 0.717) is 11.6 Å². The fourth-order valence-electron chi connectivity index (χ4n) is 1.91. The van der Waals surface area contributed by atoms with Gasteiger partial charge in [0, 0.05) is 18.1 Å². The van der Waals surface area contributed by atoms with Gasteiger partial charge in [-0.15, -0.1) is 0 Å². The highest BCUT2D eigenvalue weighted by Gasteiger charge is 2.28. The standard InChI is InChI=1S/C15H19ClN2O2S/c1-15(2,3)21(19,20)10-9-17-13-7-6-12(16)11-5-4-8-18-14(11)13/h4-8,17H,9-10H2,1-3H3. The quantitative estimate of drug-likeness (QED) is 0.934. The fraction of sp³-hybridized carbons (Fsp3) is 0.400. The third-order valence-electron chi connectivity index (χ3n) is 3.34. The average Bonchev–Trinajstić information content (AvgIpc) is 2.40. The van der Waals surface area contributed by atoms with E-state index in [1.54, 1.807) is 33.0 Å². The number of nitrogens with zero attached hydrogens (tertiary/aromatic N) is 1. The third-order valence-corrected chi connectivity index (χ3v) is 6.27. The SMILES string of the molecule is CC(C)(C)S(=O)(=O)CCNc1ccc(Cl)c2cccnc12. The number of fused-ring (bicyclic) bond motifs is 1. The number of halogens is 1. The van der Waals surface area contributed by atoms with E-state index >= 15 is 0 Å². The van der Waals surface area contributed by atoms with Crippen molar-refractivity contribution in [2.24, 2.45) is 0 Å². The lowest BCUT2D eigenvalue weighted by Gasteiger charge is -2.19. The van der Waals surface area contributed by atoms with E-state index < -0.39 is 14.6 Å². The molecule has 1 heterocycles. The first-order valence-electron chi connectivity index (χ1n) is 6.72. The number of rotatable bonds is 4. The lowest BCUT2D eigenvalue weighted by atomic mass is 10.2. The van der Waals surface area contributed by atoms with Crippen LogP contribution in [0.1, 0.15) is 20.8 Å². The van der Waals surface area contributed by atoms with E-state index in [0.717, 1.165) is 16.6 Å². The summed E-state index contributed by atoms with van der Waals surface area (Å²) in [5.41, 5.74) is 1.54. The van der Waals surface area contributed by atoms with Gasteiger partial charge in [-0.1, -0.05) is 11.6 Å². The molecule has 0 unspecified atom stereocenters. The molecule has 21 heavy (non-hydrogen) atoms. The maximum atomic E-state index is 12.1. The second-order valence-electron chi connectivity index (χ2n) is 5.85. The van der Waals surface area contributed by atoms with Gasteiger partial charge in [0.05, 0.1) is 26.7 Å². The van der Waals surface area contributed by atoms with Crippen LogP contribution in [0.15, 0.2) is 30.5 Å². The van der Waals surface area contributed by atoms with Crippen molar-refractivity contribution in [3.05, 3.63) is 35.5 Å². The molecule has 114 valence electrons. The van der Waals surface area contributed by atoms with Crippen LogP contribution in [0, 0.1) is 0 Å². The van der Waals surface area contributed by atoms with Gasteiger partial charge in [0.15, 0.2) is 9.84 Å². The zero-order valence-electron chi connectivity index (χ0n) is 12.4. The third kappa shape index (κ3) is 3.47. The minimum absolute atomic E-state index is 0.0768. The summed E-state index contributed by atoms with van der Waals surface area (Å²) in [4.78, 5) is 4.31. The molecular weight excluding hydrogens is 308 g/mol. The van der Waals surface area contributed by atoms with Gasteiger partial charge in [-0.05, 0) is 45.0 Å². The van der Waals surface area contributed by atoms with Gasteiger partial charge < -0.3 is 5.32 Å². The van der Waals surface area contributed by atoms with Crippen molar-refractivity contribution >= 4 is 38.0 Å². The molecule has 0 bridgehead atoms. The molecule has 4 nitrogen and oxygen atoms in total. The minimum Gasteiger partial charge on any atom is -0.382 e. The summed E-state index contributed by atoms with van der Waals surface area (Å²) in [6.07, 6.45) is 1.69. The number of pyridine rings is 1. The number of aromatic nitrogens is 1. The van der Waals surface area contributed by atoms with Crippen LogP contribution in [0.25, 0.3) is 10.9 Å². The molecular formula is C15H19ClN2O2S. The van der Waals surface area contributed by atoms with Crippen molar-refractivity contribution < 1.29 is 8.42 Å². The van der Waals surface area contributed by atoms with Crippen LogP contribution >= 0.6 is 11.6 Å². The molecule has 1 N–H and O–H groups in total. The van der Waals surface area contributed by atoms with Crippen molar-refractivity contribution in [3.63, 3.8) is 0 Å². The van der Waals surface area contributed by atoms with E-state index in [9.17, 15) is 8.42 Å². The summed E-state index contributed by atoms with van der Waals surface area (Å²) in [5.74, 6) is 0.0768. The number of benzene rings is 1. The predicted molar refractivity (Wildman–Crippen MR) is 88.8 cm³/mol. The smallest absolute Gasteiger partial charge is 0.156 e. The molecule has 0 saturated carbocycles. The molecule has 0 radical (unpaired) electrons. The predicted octanol–water partition coefficient (Wildman–Crippen LogP) is 3.51. The molecule has 6 heteroatoms. The second-order valence-corrected chi connectivity index (χ2v) is 9.12. The Kier molecular flexibility index (Phi) is 4.44. The molecule has 0 aliphatic heterocycles. The first-order chi connectivity index (χ1) is 9.72. The van der Waals surface area contributed by atoms with Gasteiger partial charge in [0.2, 0.25) is 0 Å². The van der Waals surface area contributed by atoms with Crippen LogP contribution in [0.3, 0.4) is 0 Å². The Morgan fingerprint density at radius 3 is 2.62 bits per heavy atom. The second kappa shape index (κ2) is 5.81. The maximum Gasteiger partial charge on any atom is 0.156 e. The summed E-state index contributed by atoms with van der Waals surface area (Å²) in [5, 5.41) is 4.62. The highest BCUT2D eigenvalue weighted by atomic mass is 35.5. The Bertz CT molecular complexity index is 752. The Hall–Kier alpha value is -1.33. The van der Waals surface area contributed by atoms with E-state index in [4.69, 9.17) is 11.6 Å². The van der Waals surface area contributed by atoms with Gasteiger partial charge in [-0.3, -0.25) is 4.98 Å². The van der Waals surface area contributed by atoms with Crippen LogP contribution in [0.2, 0.25) is 5.02 Å². The fourth-order valence-corrected chi connectivity index (χ4v) is 3.11. The van der Waals surface area contributed by atoms with Crippen LogP contribution < -0.4 is 5.32 Å². The zero-order valence-corrected chi connectivity index (χ0v) is 13.9. The topological polar surface area (TPSA) is 59.1 Å². The van der Waals surface area contributed by atoms with Gasteiger partial charge >= 0.3 is 0 Å². The molecule has 1 aromatic heterocycles. The molecule has 0 fully saturated rings. The number of anilines is 1. The number of nitrogens with one attached hydrogen (secondary N) is 1. The van der Waals surface area contributed by atoms with E-state index in [2.05, 4.69) is 10.3 Å². The molecule has 2 aromatic rings. The monoisotopic (exact) mass is 326 g/mol. The first-order valence-corrected chi connectivity index (χ1v) is 8.75. The molecule has 1 aromatic carbocycles. The Morgan fingerprint density at radius 2 is 1.95 bits per heavy atom.